The first-order valence-corrected chi connectivity index (χ1v) is 6.21. The Morgan fingerprint density at radius 2 is 2.18 bits per heavy atom. The van der Waals surface area contributed by atoms with Gasteiger partial charge in [-0.25, -0.2) is 0 Å². The lowest BCUT2D eigenvalue weighted by atomic mass is 10.0. The minimum absolute atomic E-state index is 0.0414. The van der Waals surface area contributed by atoms with Crippen molar-refractivity contribution in [2.75, 3.05) is 12.3 Å². The predicted molar refractivity (Wildman–Crippen MR) is 69.9 cm³/mol. The summed E-state index contributed by atoms with van der Waals surface area (Å²) in [6.45, 7) is 4.87. The Bertz CT molecular complexity index is 416. The molecular formula is C14H20N2O. The predicted octanol–water partition coefficient (Wildman–Crippen LogP) is 2.50. The van der Waals surface area contributed by atoms with Crippen LogP contribution in [0.3, 0.4) is 0 Å². The third kappa shape index (κ3) is 2.43. The Hall–Kier alpha value is -1.51. The summed E-state index contributed by atoms with van der Waals surface area (Å²) in [6, 6.07) is 5.56. The van der Waals surface area contributed by atoms with Crippen molar-refractivity contribution in [2.24, 2.45) is 5.41 Å². The first kappa shape index (κ1) is 12.0. The van der Waals surface area contributed by atoms with E-state index < -0.39 is 0 Å². The first-order chi connectivity index (χ1) is 8.08. The largest absolute Gasteiger partial charge is 0.398 e. The molecule has 0 bridgehead atoms. The van der Waals surface area contributed by atoms with Gasteiger partial charge in [0, 0.05) is 12.2 Å². The van der Waals surface area contributed by atoms with E-state index in [2.05, 4.69) is 12.2 Å². The molecule has 92 valence electrons. The minimum Gasteiger partial charge on any atom is -0.398 e. The van der Waals surface area contributed by atoms with E-state index in [0.29, 0.717) is 16.7 Å². The van der Waals surface area contributed by atoms with Crippen molar-refractivity contribution in [2.45, 2.75) is 33.1 Å². The molecule has 1 aromatic carbocycles. The summed E-state index contributed by atoms with van der Waals surface area (Å²) in [4.78, 5) is 12.1. The molecule has 2 rings (SSSR count). The molecule has 1 aromatic rings. The highest BCUT2D eigenvalue weighted by molar-refractivity contribution is 6.00. The third-order valence-corrected chi connectivity index (χ3v) is 3.86. The van der Waals surface area contributed by atoms with Gasteiger partial charge in [-0.2, -0.15) is 0 Å². The number of nitrogen functional groups attached to an aromatic ring is 1. The fraction of sp³-hybridized carbons (Fsp3) is 0.500. The molecule has 1 aliphatic rings. The second-order valence-electron chi connectivity index (χ2n) is 5.08. The number of amides is 1. The maximum Gasteiger partial charge on any atom is 0.253 e. The summed E-state index contributed by atoms with van der Waals surface area (Å²) in [7, 11) is 0. The van der Waals surface area contributed by atoms with E-state index in [1.54, 1.807) is 6.07 Å². The number of nitrogens with two attached hydrogens (primary N) is 1. The highest BCUT2D eigenvalue weighted by Gasteiger charge is 2.40. The quantitative estimate of drug-likeness (QED) is 0.784. The molecule has 1 aliphatic carbocycles. The van der Waals surface area contributed by atoms with Gasteiger partial charge in [0.2, 0.25) is 0 Å². The van der Waals surface area contributed by atoms with E-state index in [1.165, 1.54) is 12.8 Å². The maximum atomic E-state index is 12.1. The molecule has 3 heteroatoms. The molecule has 0 heterocycles. The molecule has 0 saturated heterocycles. The van der Waals surface area contributed by atoms with Crippen LogP contribution in [0.15, 0.2) is 18.2 Å². The van der Waals surface area contributed by atoms with Gasteiger partial charge in [-0.15, -0.1) is 0 Å². The summed E-state index contributed by atoms with van der Waals surface area (Å²) >= 11 is 0. The number of carbonyl (C=O) groups is 1. The number of hydrogen-bond donors (Lipinski definition) is 2. The van der Waals surface area contributed by atoms with Gasteiger partial charge in [0.05, 0.1) is 5.56 Å². The van der Waals surface area contributed by atoms with Crippen molar-refractivity contribution < 1.29 is 4.79 Å². The highest BCUT2D eigenvalue weighted by Crippen LogP contribution is 2.47. The number of carbonyl (C=O) groups excluding carboxylic acids is 1. The summed E-state index contributed by atoms with van der Waals surface area (Å²) in [5.41, 5.74) is 8.33. The topological polar surface area (TPSA) is 55.1 Å². The van der Waals surface area contributed by atoms with Gasteiger partial charge in [0.25, 0.3) is 5.91 Å². The Morgan fingerprint density at radius 3 is 2.71 bits per heavy atom. The second-order valence-corrected chi connectivity index (χ2v) is 5.08. The summed E-state index contributed by atoms with van der Waals surface area (Å²) in [6.07, 6.45) is 3.59. The maximum absolute atomic E-state index is 12.1. The molecule has 0 spiro atoms. The van der Waals surface area contributed by atoms with E-state index >= 15 is 0 Å². The number of rotatable bonds is 4. The molecule has 0 aromatic heterocycles. The van der Waals surface area contributed by atoms with Crippen LogP contribution >= 0.6 is 0 Å². The van der Waals surface area contributed by atoms with Crippen molar-refractivity contribution in [1.82, 2.24) is 5.32 Å². The third-order valence-electron chi connectivity index (χ3n) is 3.86. The average Bonchev–Trinajstić information content (AvgIpc) is 3.07. The fourth-order valence-corrected chi connectivity index (χ4v) is 2.19. The van der Waals surface area contributed by atoms with Gasteiger partial charge in [0.1, 0.15) is 0 Å². The SMILES string of the molecule is CCC1(CNC(=O)c2c(C)cccc2N)CC1. The van der Waals surface area contributed by atoms with E-state index in [-0.39, 0.29) is 5.91 Å². The lowest BCUT2D eigenvalue weighted by Gasteiger charge is -2.15. The van der Waals surface area contributed by atoms with Gasteiger partial charge < -0.3 is 11.1 Å². The normalized spacial score (nSPS) is 16.6. The van der Waals surface area contributed by atoms with Crippen LogP contribution in [0, 0.1) is 12.3 Å². The van der Waals surface area contributed by atoms with E-state index in [4.69, 9.17) is 5.73 Å². The zero-order valence-electron chi connectivity index (χ0n) is 10.5. The molecule has 3 N–H and O–H groups in total. The zero-order chi connectivity index (χ0) is 12.5. The van der Waals surface area contributed by atoms with Crippen LogP contribution < -0.4 is 11.1 Å². The lowest BCUT2D eigenvalue weighted by molar-refractivity contribution is 0.0944. The smallest absolute Gasteiger partial charge is 0.253 e. The first-order valence-electron chi connectivity index (χ1n) is 6.21. The monoisotopic (exact) mass is 232 g/mol. The van der Waals surface area contributed by atoms with E-state index in [1.807, 2.05) is 19.1 Å². The lowest BCUT2D eigenvalue weighted by Crippen LogP contribution is -2.31. The van der Waals surface area contributed by atoms with Crippen molar-refractivity contribution in [3.63, 3.8) is 0 Å². The Kier molecular flexibility index (Phi) is 3.09. The van der Waals surface area contributed by atoms with E-state index in [9.17, 15) is 4.79 Å². The second kappa shape index (κ2) is 4.40. The van der Waals surface area contributed by atoms with Gasteiger partial charge in [-0.3, -0.25) is 4.79 Å². The summed E-state index contributed by atoms with van der Waals surface area (Å²) < 4.78 is 0. The molecule has 0 aliphatic heterocycles. The Balaban J connectivity index is 2.05. The molecule has 1 fully saturated rings. The van der Waals surface area contributed by atoms with Gasteiger partial charge >= 0.3 is 0 Å². The van der Waals surface area contributed by atoms with Crippen LogP contribution in [-0.4, -0.2) is 12.5 Å². The van der Waals surface area contributed by atoms with E-state index in [0.717, 1.165) is 18.5 Å². The van der Waals surface area contributed by atoms with Crippen LogP contribution in [0.4, 0.5) is 5.69 Å². The Labute approximate surface area is 102 Å². The molecule has 1 saturated carbocycles. The minimum atomic E-state index is -0.0414. The van der Waals surface area contributed by atoms with Gasteiger partial charge in [0.15, 0.2) is 0 Å². The molecule has 3 nitrogen and oxygen atoms in total. The van der Waals surface area contributed by atoms with Gasteiger partial charge in [-0.05, 0) is 43.2 Å². The summed E-state index contributed by atoms with van der Waals surface area (Å²) in [5.74, 6) is -0.0414. The van der Waals surface area contributed by atoms with Crippen LogP contribution in [0.1, 0.15) is 42.1 Å². The standard InChI is InChI=1S/C14H20N2O/c1-3-14(7-8-14)9-16-13(17)12-10(2)5-4-6-11(12)15/h4-6H,3,7-9,15H2,1-2H3,(H,16,17). The molecule has 0 radical (unpaired) electrons. The molecular weight excluding hydrogens is 212 g/mol. The van der Waals surface area contributed by atoms with Gasteiger partial charge in [-0.1, -0.05) is 19.1 Å². The zero-order valence-corrected chi connectivity index (χ0v) is 10.5. The Morgan fingerprint density at radius 1 is 1.47 bits per heavy atom. The average molecular weight is 232 g/mol. The molecule has 0 unspecified atom stereocenters. The summed E-state index contributed by atoms with van der Waals surface area (Å²) in [5, 5.41) is 3.02. The molecule has 17 heavy (non-hydrogen) atoms. The van der Waals surface area contributed by atoms with Crippen LogP contribution in [0.5, 0.6) is 0 Å². The number of benzene rings is 1. The number of nitrogens with one attached hydrogen (secondary N) is 1. The molecule has 1 amide bonds. The molecule has 0 atom stereocenters. The fourth-order valence-electron chi connectivity index (χ4n) is 2.19. The van der Waals surface area contributed by atoms with Crippen LogP contribution in [-0.2, 0) is 0 Å². The van der Waals surface area contributed by atoms with Crippen LogP contribution in [0.25, 0.3) is 0 Å². The van der Waals surface area contributed by atoms with Crippen molar-refractivity contribution in [3.05, 3.63) is 29.3 Å². The van der Waals surface area contributed by atoms with Crippen molar-refractivity contribution >= 4 is 11.6 Å². The number of anilines is 1. The highest BCUT2D eigenvalue weighted by atomic mass is 16.1. The van der Waals surface area contributed by atoms with Crippen LogP contribution in [0.2, 0.25) is 0 Å². The number of aryl methyl sites for hydroxylation is 1. The van der Waals surface area contributed by atoms with Crippen molar-refractivity contribution in [1.29, 1.82) is 0 Å². The van der Waals surface area contributed by atoms with Crippen molar-refractivity contribution in [3.8, 4) is 0 Å². The number of hydrogen-bond acceptors (Lipinski definition) is 2.